The van der Waals surface area contributed by atoms with Gasteiger partial charge in [0.25, 0.3) is 0 Å². The highest BCUT2D eigenvalue weighted by molar-refractivity contribution is 5.08. The lowest BCUT2D eigenvalue weighted by Gasteiger charge is -2.31. The number of likely N-dealkylation sites (N-methyl/N-ethyl adjacent to an activating group) is 1. The molecule has 0 radical (unpaired) electrons. The molecule has 4 heteroatoms. The Morgan fingerprint density at radius 1 is 1.37 bits per heavy atom. The van der Waals surface area contributed by atoms with Crippen molar-refractivity contribution < 1.29 is 0 Å². The normalized spacial score (nSPS) is 18.9. The molecular weight excluding hydrogens is 236 g/mol. The Hall–Kier alpha value is -0.840. The van der Waals surface area contributed by atoms with Crippen LogP contribution in [0.15, 0.2) is 18.5 Å². The van der Waals surface area contributed by atoms with Gasteiger partial charge in [-0.2, -0.15) is 0 Å². The van der Waals surface area contributed by atoms with Crippen molar-refractivity contribution in [1.29, 1.82) is 0 Å². The van der Waals surface area contributed by atoms with E-state index < -0.39 is 0 Å². The first-order valence-electron chi connectivity index (χ1n) is 7.47. The first kappa shape index (κ1) is 14.6. The molecule has 1 saturated heterocycles. The number of aromatic amines is 1. The third-order valence-electron chi connectivity index (χ3n) is 3.85. The van der Waals surface area contributed by atoms with Crippen molar-refractivity contribution in [3.63, 3.8) is 0 Å². The molecule has 0 saturated carbocycles. The molecule has 1 unspecified atom stereocenters. The van der Waals surface area contributed by atoms with E-state index in [1.165, 1.54) is 31.7 Å². The molecule has 2 heterocycles. The molecule has 4 nitrogen and oxygen atoms in total. The van der Waals surface area contributed by atoms with E-state index in [0.717, 1.165) is 32.0 Å². The van der Waals surface area contributed by atoms with Gasteiger partial charge in [0.1, 0.15) is 0 Å². The fourth-order valence-electron chi connectivity index (χ4n) is 2.85. The molecule has 2 N–H and O–H groups in total. The highest BCUT2D eigenvalue weighted by Crippen LogP contribution is 2.05. The Morgan fingerprint density at radius 2 is 2.16 bits per heavy atom. The summed E-state index contributed by atoms with van der Waals surface area (Å²) in [6.45, 7) is 10.6. The molecule has 2 rings (SSSR count). The molecule has 0 aromatic carbocycles. The van der Waals surface area contributed by atoms with E-state index in [1.54, 1.807) is 0 Å². The zero-order valence-corrected chi connectivity index (χ0v) is 12.4. The topological polar surface area (TPSA) is 34.3 Å². The predicted octanol–water partition coefficient (Wildman–Crippen LogP) is 1.03. The maximum atomic E-state index is 3.41. The van der Waals surface area contributed by atoms with E-state index in [2.05, 4.69) is 46.3 Å². The van der Waals surface area contributed by atoms with Gasteiger partial charge >= 0.3 is 0 Å². The van der Waals surface area contributed by atoms with Crippen LogP contribution in [-0.4, -0.2) is 67.6 Å². The van der Waals surface area contributed by atoms with Gasteiger partial charge in [-0.1, -0.05) is 6.92 Å². The van der Waals surface area contributed by atoms with E-state index in [-0.39, 0.29) is 0 Å². The van der Waals surface area contributed by atoms with Gasteiger partial charge in [-0.3, -0.25) is 0 Å². The molecule has 1 aromatic rings. The van der Waals surface area contributed by atoms with Crippen LogP contribution in [-0.2, 0) is 6.42 Å². The number of hydrogen-bond acceptors (Lipinski definition) is 3. The Bertz CT molecular complexity index is 330. The van der Waals surface area contributed by atoms with E-state index in [1.807, 2.05) is 6.20 Å². The second-order valence-electron chi connectivity index (χ2n) is 5.89. The lowest BCUT2D eigenvalue weighted by Crippen LogP contribution is -2.46. The van der Waals surface area contributed by atoms with Gasteiger partial charge in [0.05, 0.1) is 0 Å². The number of piperazine rings is 1. The summed E-state index contributed by atoms with van der Waals surface area (Å²) in [5, 5.41) is 3.41. The van der Waals surface area contributed by atoms with E-state index in [9.17, 15) is 0 Å². The minimum Gasteiger partial charge on any atom is -0.367 e. The molecule has 0 aliphatic carbocycles. The highest BCUT2D eigenvalue weighted by Gasteiger charge is 2.14. The number of nitrogens with zero attached hydrogens (tertiary/aromatic N) is 2. The van der Waals surface area contributed by atoms with Crippen molar-refractivity contribution in [2.75, 3.05) is 52.9 Å². The van der Waals surface area contributed by atoms with Crippen molar-refractivity contribution >= 4 is 0 Å². The molecular formula is C15H28N4. The van der Waals surface area contributed by atoms with Gasteiger partial charge < -0.3 is 20.1 Å². The minimum absolute atomic E-state index is 0.745. The molecule has 0 spiro atoms. The third-order valence-corrected chi connectivity index (χ3v) is 3.85. The van der Waals surface area contributed by atoms with Crippen LogP contribution in [0.3, 0.4) is 0 Å². The first-order chi connectivity index (χ1) is 9.24. The van der Waals surface area contributed by atoms with Crippen LogP contribution in [0.5, 0.6) is 0 Å². The molecule has 19 heavy (non-hydrogen) atoms. The third kappa shape index (κ3) is 5.35. The fourth-order valence-corrected chi connectivity index (χ4v) is 2.85. The Labute approximate surface area is 117 Å². The second kappa shape index (κ2) is 7.68. The van der Waals surface area contributed by atoms with Crippen LogP contribution in [0.2, 0.25) is 0 Å². The lowest BCUT2D eigenvalue weighted by molar-refractivity contribution is 0.184. The van der Waals surface area contributed by atoms with Crippen molar-refractivity contribution in [1.82, 2.24) is 20.1 Å². The van der Waals surface area contributed by atoms with Gasteiger partial charge in [-0.05, 0) is 31.0 Å². The summed E-state index contributed by atoms with van der Waals surface area (Å²) in [5.74, 6) is 0.745. The summed E-state index contributed by atoms with van der Waals surface area (Å²) in [4.78, 5) is 8.16. The molecule has 1 atom stereocenters. The first-order valence-corrected chi connectivity index (χ1v) is 7.47. The van der Waals surface area contributed by atoms with Gasteiger partial charge in [-0.15, -0.1) is 0 Å². The molecule has 0 amide bonds. The van der Waals surface area contributed by atoms with Gasteiger partial charge in [0.2, 0.25) is 0 Å². The van der Waals surface area contributed by atoms with Crippen molar-refractivity contribution in [2.45, 2.75) is 13.3 Å². The highest BCUT2D eigenvalue weighted by atomic mass is 15.2. The zero-order valence-electron chi connectivity index (χ0n) is 12.4. The summed E-state index contributed by atoms with van der Waals surface area (Å²) >= 11 is 0. The Morgan fingerprint density at radius 3 is 2.84 bits per heavy atom. The lowest BCUT2D eigenvalue weighted by atomic mass is 10.1. The van der Waals surface area contributed by atoms with Gasteiger partial charge in [0.15, 0.2) is 0 Å². The maximum Gasteiger partial charge on any atom is 0.0107 e. The maximum absolute atomic E-state index is 3.41. The van der Waals surface area contributed by atoms with Crippen LogP contribution in [0.25, 0.3) is 0 Å². The number of H-pyrrole nitrogens is 1. The standard InChI is InChI=1S/C15H28N4/c1-14(13-19-9-6-16-7-10-19)12-18(2)8-4-15-3-5-17-11-15/h3,5,11,14,16-17H,4,6-10,12-13H2,1-2H3. The van der Waals surface area contributed by atoms with E-state index >= 15 is 0 Å². The van der Waals surface area contributed by atoms with Crippen LogP contribution in [0.1, 0.15) is 12.5 Å². The van der Waals surface area contributed by atoms with E-state index in [4.69, 9.17) is 0 Å². The van der Waals surface area contributed by atoms with Crippen molar-refractivity contribution in [3.8, 4) is 0 Å². The van der Waals surface area contributed by atoms with Crippen LogP contribution < -0.4 is 5.32 Å². The van der Waals surface area contributed by atoms with Gasteiger partial charge in [-0.25, -0.2) is 0 Å². The van der Waals surface area contributed by atoms with Crippen molar-refractivity contribution in [3.05, 3.63) is 24.0 Å². The number of rotatable bonds is 7. The molecule has 1 aromatic heterocycles. The summed E-state index contributed by atoms with van der Waals surface area (Å²) < 4.78 is 0. The quantitative estimate of drug-likeness (QED) is 0.772. The van der Waals surface area contributed by atoms with Gasteiger partial charge in [0, 0.05) is 58.2 Å². The van der Waals surface area contributed by atoms with Crippen LogP contribution >= 0.6 is 0 Å². The SMILES string of the molecule is CC(CN(C)CCc1cc[nH]c1)CN1CCNCC1. The summed E-state index contributed by atoms with van der Waals surface area (Å²) in [5.41, 5.74) is 1.40. The minimum atomic E-state index is 0.745. The molecule has 1 aliphatic heterocycles. The molecule has 1 aliphatic rings. The molecule has 108 valence electrons. The average Bonchev–Trinajstić information content (AvgIpc) is 2.90. The predicted molar refractivity (Wildman–Crippen MR) is 80.5 cm³/mol. The van der Waals surface area contributed by atoms with E-state index in [0.29, 0.717) is 0 Å². The summed E-state index contributed by atoms with van der Waals surface area (Å²) in [6, 6.07) is 2.16. The summed E-state index contributed by atoms with van der Waals surface area (Å²) in [6.07, 6.45) is 5.24. The number of nitrogens with one attached hydrogen (secondary N) is 2. The average molecular weight is 264 g/mol. The Kier molecular flexibility index (Phi) is 5.89. The smallest absolute Gasteiger partial charge is 0.0107 e. The molecule has 0 bridgehead atoms. The second-order valence-corrected chi connectivity index (χ2v) is 5.89. The Balaban J connectivity index is 1.62. The molecule has 1 fully saturated rings. The zero-order chi connectivity index (χ0) is 13.5. The number of aromatic nitrogens is 1. The van der Waals surface area contributed by atoms with Crippen molar-refractivity contribution in [2.24, 2.45) is 5.92 Å². The summed E-state index contributed by atoms with van der Waals surface area (Å²) in [7, 11) is 2.24. The number of hydrogen-bond donors (Lipinski definition) is 2. The fraction of sp³-hybridized carbons (Fsp3) is 0.733. The monoisotopic (exact) mass is 264 g/mol. The van der Waals surface area contributed by atoms with Crippen LogP contribution in [0, 0.1) is 5.92 Å². The largest absolute Gasteiger partial charge is 0.367 e. The van der Waals surface area contributed by atoms with Crippen LogP contribution in [0.4, 0.5) is 0 Å².